The summed E-state index contributed by atoms with van der Waals surface area (Å²) in [5, 5.41) is 0. The van der Waals surface area contributed by atoms with Crippen molar-refractivity contribution < 1.29 is 4.79 Å². The minimum Gasteiger partial charge on any atom is -0.378 e. The molecule has 1 heterocycles. The van der Waals surface area contributed by atoms with Crippen LogP contribution >= 0.6 is 0 Å². The Morgan fingerprint density at radius 1 is 1.00 bits per heavy atom. The van der Waals surface area contributed by atoms with E-state index >= 15 is 0 Å². The number of carbonyl (C=O) groups excluding carboxylic acids is 1. The second-order valence-electron chi connectivity index (χ2n) is 5.97. The Morgan fingerprint density at radius 2 is 1.67 bits per heavy atom. The average Bonchev–Trinajstić information content (AvgIpc) is 2.74. The predicted octanol–water partition coefficient (Wildman–Crippen LogP) is 3.53. The molecule has 0 N–H and O–H groups in total. The summed E-state index contributed by atoms with van der Waals surface area (Å²) < 4.78 is 0. The summed E-state index contributed by atoms with van der Waals surface area (Å²) in [4.78, 5) is 16.5. The van der Waals surface area contributed by atoms with Crippen LogP contribution in [0.1, 0.15) is 27.0 Å². The smallest absolute Gasteiger partial charge is 0.258 e. The number of amides is 1. The van der Waals surface area contributed by atoms with Gasteiger partial charge in [-0.05, 0) is 60.9 Å². The lowest BCUT2D eigenvalue weighted by Crippen LogP contribution is -2.23. The summed E-state index contributed by atoms with van der Waals surface area (Å²) in [7, 11) is 4.03. The zero-order valence-corrected chi connectivity index (χ0v) is 13.0. The first-order chi connectivity index (χ1) is 9.95. The molecule has 0 spiro atoms. The van der Waals surface area contributed by atoms with Gasteiger partial charge in [0.25, 0.3) is 5.91 Å². The highest BCUT2D eigenvalue weighted by atomic mass is 16.2. The number of hydrogen-bond acceptors (Lipinski definition) is 2. The van der Waals surface area contributed by atoms with Crippen LogP contribution in [0.5, 0.6) is 0 Å². The standard InChI is InChI=1S/C18H20N2O/c1-12-7-13(2)9-16(8-12)20-11-14-10-15(19(3)4)5-6-17(14)18(20)21/h5-10H,11H2,1-4H3. The Hall–Kier alpha value is -2.29. The van der Waals surface area contributed by atoms with E-state index in [-0.39, 0.29) is 5.91 Å². The van der Waals surface area contributed by atoms with Crippen molar-refractivity contribution in [2.24, 2.45) is 0 Å². The van der Waals surface area contributed by atoms with Gasteiger partial charge in [0.15, 0.2) is 0 Å². The van der Waals surface area contributed by atoms with Gasteiger partial charge in [0.05, 0.1) is 6.54 Å². The van der Waals surface area contributed by atoms with E-state index in [1.165, 1.54) is 11.1 Å². The third kappa shape index (κ3) is 2.40. The summed E-state index contributed by atoms with van der Waals surface area (Å²) in [5.74, 6) is 0.0975. The largest absolute Gasteiger partial charge is 0.378 e. The lowest BCUT2D eigenvalue weighted by atomic mass is 10.1. The highest BCUT2D eigenvalue weighted by Gasteiger charge is 2.28. The third-order valence-electron chi connectivity index (χ3n) is 3.93. The number of aryl methyl sites for hydroxylation is 2. The Morgan fingerprint density at radius 3 is 2.29 bits per heavy atom. The molecule has 108 valence electrons. The van der Waals surface area contributed by atoms with Gasteiger partial charge < -0.3 is 9.80 Å². The molecule has 2 aromatic carbocycles. The van der Waals surface area contributed by atoms with Crippen molar-refractivity contribution in [3.8, 4) is 0 Å². The number of fused-ring (bicyclic) bond motifs is 1. The summed E-state index contributed by atoms with van der Waals surface area (Å²) in [6.45, 7) is 4.78. The molecule has 21 heavy (non-hydrogen) atoms. The number of rotatable bonds is 2. The van der Waals surface area contributed by atoms with Crippen molar-refractivity contribution in [2.75, 3.05) is 23.9 Å². The first-order valence-electron chi connectivity index (χ1n) is 7.16. The number of anilines is 2. The third-order valence-corrected chi connectivity index (χ3v) is 3.93. The van der Waals surface area contributed by atoms with Gasteiger partial charge >= 0.3 is 0 Å². The lowest BCUT2D eigenvalue weighted by molar-refractivity contribution is 0.0996. The second-order valence-corrected chi connectivity index (χ2v) is 5.97. The maximum Gasteiger partial charge on any atom is 0.258 e. The van der Waals surface area contributed by atoms with Crippen molar-refractivity contribution in [1.29, 1.82) is 0 Å². The van der Waals surface area contributed by atoms with E-state index in [1.54, 1.807) is 0 Å². The summed E-state index contributed by atoms with van der Waals surface area (Å²) in [5.41, 5.74) is 6.40. The van der Waals surface area contributed by atoms with Crippen LogP contribution in [0.2, 0.25) is 0 Å². The molecule has 0 saturated carbocycles. The van der Waals surface area contributed by atoms with E-state index in [9.17, 15) is 4.79 Å². The fourth-order valence-electron chi connectivity index (χ4n) is 2.90. The minimum atomic E-state index is 0.0975. The van der Waals surface area contributed by atoms with Gasteiger partial charge in [0, 0.05) is 31.0 Å². The van der Waals surface area contributed by atoms with Gasteiger partial charge in [-0.25, -0.2) is 0 Å². The van der Waals surface area contributed by atoms with Crippen LogP contribution in [0, 0.1) is 13.8 Å². The molecule has 0 saturated heterocycles. The molecule has 1 amide bonds. The molecule has 1 aliphatic rings. The first kappa shape index (κ1) is 13.7. The molecule has 0 unspecified atom stereocenters. The van der Waals surface area contributed by atoms with Crippen molar-refractivity contribution in [3.05, 3.63) is 58.7 Å². The fourth-order valence-corrected chi connectivity index (χ4v) is 2.90. The summed E-state index contributed by atoms with van der Waals surface area (Å²) in [6.07, 6.45) is 0. The Balaban J connectivity index is 1.99. The van der Waals surface area contributed by atoms with Crippen LogP contribution in [0.25, 0.3) is 0 Å². The molecular weight excluding hydrogens is 260 g/mol. The van der Waals surface area contributed by atoms with Crippen LogP contribution < -0.4 is 9.80 Å². The zero-order chi connectivity index (χ0) is 15.1. The number of carbonyl (C=O) groups is 1. The molecule has 3 heteroatoms. The Kier molecular flexibility index (Phi) is 3.20. The Labute approximate surface area is 125 Å². The molecule has 0 bridgehead atoms. The summed E-state index contributed by atoms with van der Waals surface area (Å²) >= 11 is 0. The molecule has 1 aliphatic heterocycles. The van der Waals surface area contributed by atoms with Crippen molar-refractivity contribution in [1.82, 2.24) is 0 Å². The van der Waals surface area contributed by atoms with Crippen LogP contribution in [0.3, 0.4) is 0 Å². The molecule has 0 fully saturated rings. The van der Waals surface area contributed by atoms with Gasteiger partial charge in [0.1, 0.15) is 0 Å². The van der Waals surface area contributed by atoms with Crippen LogP contribution in [0.4, 0.5) is 11.4 Å². The van der Waals surface area contributed by atoms with Crippen LogP contribution in [-0.2, 0) is 6.54 Å². The highest BCUT2D eigenvalue weighted by molar-refractivity contribution is 6.10. The molecule has 0 aliphatic carbocycles. The van der Waals surface area contributed by atoms with E-state index in [1.807, 2.05) is 31.1 Å². The second kappa shape index (κ2) is 4.92. The highest BCUT2D eigenvalue weighted by Crippen LogP contribution is 2.31. The molecule has 2 aromatic rings. The molecule has 0 atom stereocenters. The van der Waals surface area contributed by atoms with E-state index in [0.29, 0.717) is 6.54 Å². The topological polar surface area (TPSA) is 23.6 Å². The molecule has 3 nitrogen and oxygen atoms in total. The molecule has 3 rings (SSSR count). The van der Waals surface area contributed by atoms with Gasteiger partial charge in [-0.3, -0.25) is 4.79 Å². The number of hydrogen-bond donors (Lipinski definition) is 0. The monoisotopic (exact) mass is 280 g/mol. The number of nitrogens with zero attached hydrogens (tertiary/aromatic N) is 2. The first-order valence-corrected chi connectivity index (χ1v) is 7.16. The van der Waals surface area contributed by atoms with Gasteiger partial charge in [-0.1, -0.05) is 6.07 Å². The molecular formula is C18H20N2O. The minimum absolute atomic E-state index is 0.0975. The maximum absolute atomic E-state index is 12.6. The maximum atomic E-state index is 12.6. The van der Waals surface area contributed by atoms with Gasteiger partial charge in [0.2, 0.25) is 0 Å². The molecule has 0 radical (unpaired) electrons. The van der Waals surface area contributed by atoms with Crippen molar-refractivity contribution >= 4 is 17.3 Å². The number of benzene rings is 2. The van der Waals surface area contributed by atoms with Crippen molar-refractivity contribution in [3.63, 3.8) is 0 Å². The average molecular weight is 280 g/mol. The molecule has 0 aromatic heterocycles. The van der Waals surface area contributed by atoms with Gasteiger partial charge in [-0.2, -0.15) is 0 Å². The normalized spacial score (nSPS) is 13.5. The lowest BCUT2D eigenvalue weighted by Gasteiger charge is -2.17. The summed E-state index contributed by atoms with van der Waals surface area (Å²) in [6, 6.07) is 12.3. The van der Waals surface area contributed by atoms with E-state index in [2.05, 4.69) is 43.0 Å². The quantitative estimate of drug-likeness (QED) is 0.840. The predicted molar refractivity (Wildman–Crippen MR) is 87.2 cm³/mol. The van der Waals surface area contributed by atoms with Crippen LogP contribution in [0.15, 0.2) is 36.4 Å². The van der Waals surface area contributed by atoms with Crippen molar-refractivity contribution in [2.45, 2.75) is 20.4 Å². The SMILES string of the molecule is Cc1cc(C)cc(N2Cc3cc(N(C)C)ccc3C2=O)c1. The van der Waals surface area contributed by atoms with E-state index in [0.717, 1.165) is 22.5 Å². The zero-order valence-electron chi connectivity index (χ0n) is 13.0. The van der Waals surface area contributed by atoms with E-state index in [4.69, 9.17) is 0 Å². The van der Waals surface area contributed by atoms with Crippen LogP contribution in [-0.4, -0.2) is 20.0 Å². The van der Waals surface area contributed by atoms with Gasteiger partial charge in [-0.15, -0.1) is 0 Å². The van der Waals surface area contributed by atoms with E-state index < -0.39 is 0 Å². The Bertz CT molecular complexity index is 699. The fraction of sp³-hybridized carbons (Fsp3) is 0.278.